The second-order valence-corrected chi connectivity index (χ2v) is 5.76. The molecule has 2 aromatic heterocycles. The van der Waals surface area contributed by atoms with Crippen LogP contribution in [0.4, 0.5) is 11.5 Å². The highest BCUT2D eigenvalue weighted by molar-refractivity contribution is 7.10. The number of nitrogen functional groups attached to an aromatic ring is 1. The highest BCUT2D eigenvalue weighted by atomic mass is 32.1. The predicted molar refractivity (Wildman–Crippen MR) is 77.0 cm³/mol. The van der Waals surface area contributed by atoms with E-state index in [0.717, 1.165) is 17.2 Å². The summed E-state index contributed by atoms with van der Waals surface area (Å²) in [5, 5.41) is 5.72. The summed E-state index contributed by atoms with van der Waals surface area (Å²) in [6, 6.07) is 6.52. The van der Waals surface area contributed by atoms with E-state index in [2.05, 4.69) is 21.7 Å². The highest BCUT2D eigenvalue weighted by Crippen LogP contribution is 2.35. The van der Waals surface area contributed by atoms with E-state index in [9.17, 15) is 0 Å². The van der Waals surface area contributed by atoms with E-state index in [1.807, 2.05) is 30.4 Å². The summed E-state index contributed by atoms with van der Waals surface area (Å²) in [6.45, 7) is 1.94. The lowest BCUT2D eigenvalue weighted by molar-refractivity contribution is 0.607. The van der Waals surface area contributed by atoms with E-state index in [1.165, 1.54) is 29.7 Å². The summed E-state index contributed by atoms with van der Waals surface area (Å²) < 4.78 is 0. The van der Waals surface area contributed by atoms with E-state index in [0.29, 0.717) is 6.04 Å². The Morgan fingerprint density at radius 1 is 1.39 bits per heavy atom. The van der Waals surface area contributed by atoms with E-state index in [-0.39, 0.29) is 0 Å². The van der Waals surface area contributed by atoms with E-state index >= 15 is 0 Å². The fraction of sp³-hybridized carbons (Fsp3) is 0.357. The molecule has 3 nitrogen and oxygen atoms in total. The Bertz CT molecular complexity index is 562. The zero-order chi connectivity index (χ0) is 12.5. The molecule has 0 saturated carbocycles. The molecule has 3 N–H and O–H groups in total. The maximum atomic E-state index is 5.79. The molecule has 1 aliphatic rings. The highest BCUT2D eigenvalue weighted by Gasteiger charge is 2.21. The average molecular weight is 259 g/mol. The number of fused-ring (bicyclic) bond motifs is 1. The molecule has 0 amide bonds. The SMILES string of the molecule is Cc1nc(NC2CCCc3sccc32)ccc1N. The number of aryl methyl sites for hydroxylation is 2. The second kappa shape index (κ2) is 4.61. The number of pyridine rings is 1. The Morgan fingerprint density at radius 3 is 3.11 bits per heavy atom. The molecule has 18 heavy (non-hydrogen) atoms. The zero-order valence-corrected chi connectivity index (χ0v) is 11.3. The van der Waals surface area contributed by atoms with Crippen LogP contribution in [0.1, 0.15) is 35.0 Å². The van der Waals surface area contributed by atoms with Crippen molar-refractivity contribution in [1.82, 2.24) is 4.98 Å². The lowest BCUT2D eigenvalue weighted by atomic mass is 9.94. The van der Waals surface area contributed by atoms with Crippen molar-refractivity contribution in [1.29, 1.82) is 0 Å². The van der Waals surface area contributed by atoms with Gasteiger partial charge in [-0.25, -0.2) is 4.98 Å². The number of rotatable bonds is 2. The van der Waals surface area contributed by atoms with Crippen LogP contribution in [0.3, 0.4) is 0 Å². The molecule has 3 rings (SSSR count). The fourth-order valence-electron chi connectivity index (χ4n) is 2.47. The number of hydrogen-bond donors (Lipinski definition) is 2. The summed E-state index contributed by atoms with van der Waals surface area (Å²) in [4.78, 5) is 6.01. The Labute approximate surface area is 111 Å². The van der Waals surface area contributed by atoms with Gasteiger partial charge in [-0.2, -0.15) is 0 Å². The van der Waals surface area contributed by atoms with Crippen molar-refractivity contribution in [2.45, 2.75) is 32.2 Å². The lowest BCUT2D eigenvalue weighted by Crippen LogP contribution is -2.16. The summed E-state index contributed by atoms with van der Waals surface area (Å²) in [5.41, 5.74) is 8.88. The number of aromatic nitrogens is 1. The fourth-order valence-corrected chi connectivity index (χ4v) is 3.45. The summed E-state index contributed by atoms with van der Waals surface area (Å²) in [7, 11) is 0. The van der Waals surface area contributed by atoms with Crippen LogP contribution >= 0.6 is 11.3 Å². The largest absolute Gasteiger partial charge is 0.397 e. The zero-order valence-electron chi connectivity index (χ0n) is 10.4. The van der Waals surface area contributed by atoms with Gasteiger partial charge < -0.3 is 11.1 Å². The van der Waals surface area contributed by atoms with Crippen LogP contribution in [0.2, 0.25) is 0 Å². The Balaban J connectivity index is 1.84. The molecule has 0 aliphatic heterocycles. The maximum Gasteiger partial charge on any atom is 0.126 e. The van der Waals surface area contributed by atoms with Crippen molar-refractivity contribution < 1.29 is 0 Å². The Hall–Kier alpha value is -1.55. The van der Waals surface area contributed by atoms with Crippen LogP contribution in [0.5, 0.6) is 0 Å². The number of nitrogens with one attached hydrogen (secondary N) is 1. The van der Waals surface area contributed by atoms with E-state index < -0.39 is 0 Å². The van der Waals surface area contributed by atoms with Gasteiger partial charge in [0.15, 0.2) is 0 Å². The molecular formula is C14H17N3S. The maximum absolute atomic E-state index is 5.79. The molecule has 0 aromatic carbocycles. The topological polar surface area (TPSA) is 50.9 Å². The predicted octanol–water partition coefficient (Wildman–Crippen LogP) is 3.52. The summed E-state index contributed by atoms with van der Waals surface area (Å²) >= 11 is 1.86. The van der Waals surface area contributed by atoms with Crippen molar-refractivity contribution >= 4 is 22.8 Å². The lowest BCUT2D eigenvalue weighted by Gasteiger charge is -2.24. The third-order valence-corrected chi connectivity index (χ3v) is 4.50. The minimum Gasteiger partial charge on any atom is -0.397 e. The van der Waals surface area contributed by atoms with Crippen molar-refractivity contribution in [3.8, 4) is 0 Å². The van der Waals surface area contributed by atoms with Gasteiger partial charge in [0.2, 0.25) is 0 Å². The normalized spacial score (nSPS) is 18.4. The molecule has 2 aromatic rings. The first kappa shape index (κ1) is 11.5. The molecule has 0 saturated heterocycles. The minimum absolute atomic E-state index is 0.399. The number of nitrogens with two attached hydrogens (primary N) is 1. The Morgan fingerprint density at radius 2 is 2.28 bits per heavy atom. The molecule has 1 unspecified atom stereocenters. The molecule has 4 heteroatoms. The smallest absolute Gasteiger partial charge is 0.126 e. The van der Waals surface area contributed by atoms with Crippen molar-refractivity contribution in [2.24, 2.45) is 0 Å². The van der Waals surface area contributed by atoms with Crippen LogP contribution in [0.15, 0.2) is 23.6 Å². The molecule has 1 atom stereocenters. The van der Waals surface area contributed by atoms with Gasteiger partial charge in [0.25, 0.3) is 0 Å². The van der Waals surface area contributed by atoms with Crippen molar-refractivity contribution in [2.75, 3.05) is 11.1 Å². The first-order valence-corrected chi connectivity index (χ1v) is 7.18. The Kier molecular flexibility index (Phi) is 2.96. The minimum atomic E-state index is 0.399. The van der Waals surface area contributed by atoms with Crippen LogP contribution in [-0.2, 0) is 6.42 Å². The third kappa shape index (κ3) is 2.08. The van der Waals surface area contributed by atoms with Crippen LogP contribution in [0.25, 0.3) is 0 Å². The van der Waals surface area contributed by atoms with Crippen LogP contribution < -0.4 is 11.1 Å². The average Bonchev–Trinajstić information content (AvgIpc) is 2.83. The molecule has 2 heterocycles. The van der Waals surface area contributed by atoms with Gasteiger partial charge in [-0.1, -0.05) is 0 Å². The quantitative estimate of drug-likeness (QED) is 0.867. The number of hydrogen-bond acceptors (Lipinski definition) is 4. The monoisotopic (exact) mass is 259 g/mol. The molecule has 0 spiro atoms. The number of anilines is 2. The molecule has 94 valence electrons. The van der Waals surface area contributed by atoms with Crippen LogP contribution in [-0.4, -0.2) is 4.98 Å². The van der Waals surface area contributed by atoms with Gasteiger partial charge in [0.1, 0.15) is 5.82 Å². The van der Waals surface area contributed by atoms with Gasteiger partial charge in [-0.15, -0.1) is 11.3 Å². The second-order valence-electron chi connectivity index (χ2n) is 4.76. The van der Waals surface area contributed by atoms with Gasteiger partial charge >= 0.3 is 0 Å². The first-order chi connectivity index (χ1) is 8.74. The van der Waals surface area contributed by atoms with Crippen molar-refractivity contribution in [3.63, 3.8) is 0 Å². The van der Waals surface area contributed by atoms with Gasteiger partial charge in [-0.05, 0) is 55.3 Å². The number of thiophene rings is 1. The van der Waals surface area contributed by atoms with Gasteiger partial charge in [0, 0.05) is 4.88 Å². The van der Waals surface area contributed by atoms with Crippen molar-refractivity contribution in [3.05, 3.63) is 39.7 Å². The van der Waals surface area contributed by atoms with Gasteiger partial charge in [-0.3, -0.25) is 0 Å². The van der Waals surface area contributed by atoms with Crippen LogP contribution in [0, 0.1) is 6.92 Å². The molecule has 0 fully saturated rings. The first-order valence-electron chi connectivity index (χ1n) is 6.30. The summed E-state index contributed by atoms with van der Waals surface area (Å²) in [6.07, 6.45) is 3.65. The molecule has 0 bridgehead atoms. The molecule has 1 aliphatic carbocycles. The molecule has 0 radical (unpaired) electrons. The number of nitrogens with zero attached hydrogens (tertiary/aromatic N) is 1. The molecular weight excluding hydrogens is 242 g/mol. The third-order valence-electron chi connectivity index (χ3n) is 3.50. The summed E-state index contributed by atoms with van der Waals surface area (Å²) in [5.74, 6) is 0.922. The van der Waals surface area contributed by atoms with Gasteiger partial charge in [0.05, 0.1) is 17.4 Å². The van der Waals surface area contributed by atoms with E-state index in [4.69, 9.17) is 5.73 Å². The standard InChI is InChI=1S/C14H17N3S/c1-9-11(15)5-6-14(16-9)17-12-3-2-4-13-10(12)7-8-18-13/h5-8,12H,2-4,15H2,1H3,(H,16,17). The van der Waals surface area contributed by atoms with E-state index in [1.54, 1.807) is 0 Å².